The van der Waals surface area contributed by atoms with Crippen molar-refractivity contribution in [3.63, 3.8) is 0 Å². The SMILES string of the molecule is CO[C@H]1CNC[C@@H]1Nc1c(C(=O)N2CCCC(F)(F)C2)cc(Br)cc1[N+](=O)[O-]. The number of likely N-dealkylation sites (tertiary alicyclic amines) is 1. The van der Waals surface area contributed by atoms with E-state index in [1.807, 2.05) is 0 Å². The lowest BCUT2D eigenvalue weighted by molar-refractivity contribution is -0.384. The zero-order valence-corrected chi connectivity index (χ0v) is 16.8. The molecule has 1 amide bonds. The summed E-state index contributed by atoms with van der Waals surface area (Å²) >= 11 is 3.18. The van der Waals surface area contributed by atoms with Crippen LogP contribution in [0.5, 0.6) is 0 Å². The third-order valence-corrected chi connectivity index (χ3v) is 5.44. The molecule has 0 aromatic heterocycles. The molecule has 2 saturated heterocycles. The minimum absolute atomic E-state index is 0.0134. The van der Waals surface area contributed by atoms with Crippen LogP contribution in [0.15, 0.2) is 16.6 Å². The number of carbonyl (C=O) groups excluding carboxylic acids is 1. The molecule has 1 aromatic carbocycles. The van der Waals surface area contributed by atoms with Crippen LogP contribution in [0.3, 0.4) is 0 Å². The van der Waals surface area contributed by atoms with Crippen molar-refractivity contribution in [1.82, 2.24) is 10.2 Å². The molecule has 1 aromatic rings. The average molecular weight is 463 g/mol. The fourth-order valence-corrected chi connectivity index (χ4v) is 4.04. The Morgan fingerprint density at radius 1 is 1.46 bits per heavy atom. The van der Waals surface area contributed by atoms with Crippen LogP contribution in [0.25, 0.3) is 0 Å². The maximum Gasteiger partial charge on any atom is 0.294 e. The first-order valence-electron chi connectivity index (χ1n) is 8.87. The summed E-state index contributed by atoms with van der Waals surface area (Å²) in [4.78, 5) is 25.1. The molecule has 0 radical (unpaired) electrons. The summed E-state index contributed by atoms with van der Waals surface area (Å²) in [6, 6.07) is 2.40. The highest BCUT2D eigenvalue weighted by Gasteiger charge is 2.39. The van der Waals surface area contributed by atoms with Crippen LogP contribution >= 0.6 is 15.9 Å². The first-order chi connectivity index (χ1) is 13.2. The minimum atomic E-state index is -2.96. The van der Waals surface area contributed by atoms with Crippen LogP contribution in [0.2, 0.25) is 0 Å². The molecule has 0 unspecified atom stereocenters. The van der Waals surface area contributed by atoms with E-state index >= 15 is 0 Å². The summed E-state index contributed by atoms with van der Waals surface area (Å²) in [6.07, 6.45) is -0.342. The van der Waals surface area contributed by atoms with Crippen LogP contribution in [0, 0.1) is 10.1 Å². The number of anilines is 1. The second-order valence-electron chi connectivity index (χ2n) is 6.97. The molecule has 2 N–H and O–H groups in total. The smallest absolute Gasteiger partial charge is 0.294 e. The molecule has 0 saturated carbocycles. The van der Waals surface area contributed by atoms with Gasteiger partial charge in [0.05, 0.1) is 29.2 Å². The number of nitro benzene ring substituents is 1. The summed E-state index contributed by atoms with van der Waals surface area (Å²) in [5, 5.41) is 17.8. The van der Waals surface area contributed by atoms with Gasteiger partial charge in [-0.2, -0.15) is 0 Å². The number of carbonyl (C=O) groups is 1. The number of hydrogen-bond donors (Lipinski definition) is 2. The van der Waals surface area contributed by atoms with Crippen molar-refractivity contribution in [3.8, 4) is 0 Å². The summed E-state index contributed by atoms with van der Waals surface area (Å²) in [7, 11) is 1.53. The van der Waals surface area contributed by atoms with Gasteiger partial charge >= 0.3 is 0 Å². The van der Waals surface area contributed by atoms with E-state index in [1.54, 1.807) is 0 Å². The molecule has 3 rings (SSSR count). The highest BCUT2D eigenvalue weighted by Crippen LogP contribution is 2.36. The highest BCUT2D eigenvalue weighted by atomic mass is 79.9. The molecular formula is C17H21BrF2N4O4. The second-order valence-corrected chi connectivity index (χ2v) is 7.89. The molecule has 2 heterocycles. The number of nitrogens with zero attached hydrogens (tertiary/aromatic N) is 2. The number of rotatable bonds is 5. The number of alkyl halides is 2. The third-order valence-electron chi connectivity index (χ3n) is 4.98. The van der Waals surface area contributed by atoms with E-state index in [-0.39, 0.29) is 48.5 Å². The predicted molar refractivity (Wildman–Crippen MR) is 102 cm³/mol. The highest BCUT2D eigenvalue weighted by molar-refractivity contribution is 9.10. The van der Waals surface area contributed by atoms with Crippen molar-refractivity contribution >= 4 is 33.2 Å². The standard InChI is InChI=1S/C17H21BrF2N4O4/c1-28-14-8-21-7-12(14)22-15-11(5-10(18)6-13(15)24(26)27)16(25)23-4-2-3-17(19,20)9-23/h5-6,12,14,21-22H,2-4,7-9H2,1H3/t12-,14-/m0/s1. The van der Waals surface area contributed by atoms with E-state index in [0.29, 0.717) is 17.6 Å². The fourth-order valence-electron chi connectivity index (χ4n) is 3.60. The van der Waals surface area contributed by atoms with Gasteiger partial charge in [-0.15, -0.1) is 0 Å². The largest absolute Gasteiger partial charge is 0.378 e. The molecule has 2 fully saturated rings. The number of ether oxygens (including phenoxy) is 1. The Kier molecular flexibility index (Phi) is 6.15. The zero-order valence-electron chi connectivity index (χ0n) is 15.2. The van der Waals surface area contributed by atoms with Crippen LogP contribution in [0.4, 0.5) is 20.2 Å². The quantitative estimate of drug-likeness (QED) is 0.515. The summed E-state index contributed by atoms with van der Waals surface area (Å²) in [5.41, 5.74) is -0.299. The van der Waals surface area contributed by atoms with Gasteiger partial charge in [-0.25, -0.2) is 8.78 Å². The first kappa shape index (κ1) is 20.9. The Bertz CT molecular complexity index is 780. The lowest BCUT2D eigenvalue weighted by Crippen LogP contribution is -2.46. The molecule has 0 bridgehead atoms. The molecule has 11 heteroatoms. The topological polar surface area (TPSA) is 96.7 Å². The van der Waals surface area contributed by atoms with E-state index in [2.05, 4.69) is 26.6 Å². The maximum absolute atomic E-state index is 13.8. The number of amides is 1. The second kappa shape index (κ2) is 8.26. The number of hydrogen-bond acceptors (Lipinski definition) is 6. The van der Waals surface area contributed by atoms with E-state index in [0.717, 1.165) is 4.90 Å². The normalized spacial score (nSPS) is 24.2. The molecule has 2 aliphatic heterocycles. The van der Waals surface area contributed by atoms with Crippen LogP contribution in [-0.2, 0) is 4.74 Å². The summed E-state index contributed by atoms with van der Waals surface area (Å²) < 4.78 is 33.3. The van der Waals surface area contributed by atoms with E-state index in [9.17, 15) is 23.7 Å². The lowest BCUT2D eigenvalue weighted by Gasteiger charge is -2.33. The van der Waals surface area contributed by atoms with E-state index < -0.39 is 23.3 Å². The van der Waals surface area contributed by atoms with Crippen LogP contribution in [-0.4, -0.2) is 67.1 Å². The molecule has 2 aliphatic rings. The molecular weight excluding hydrogens is 442 g/mol. The Hall–Kier alpha value is -1.85. The van der Waals surface area contributed by atoms with Crippen LogP contribution < -0.4 is 10.6 Å². The maximum atomic E-state index is 13.8. The van der Waals surface area contributed by atoms with Gasteiger partial charge in [0, 0.05) is 43.7 Å². The van der Waals surface area contributed by atoms with Gasteiger partial charge < -0.3 is 20.3 Å². The fraction of sp³-hybridized carbons (Fsp3) is 0.588. The average Bonchev–Trinajstić information content (AvgIpc) is 3.08. The van der Waals surface area contributed by atoms with Gasteiger partial charge in [-0.1, -0.05) is 15.9 Å². The predicted octanol–water partition coefficient (Wildman–Crippen LogP) is 2.63. The van der Waals surface area contributed by atoms with Gasteiger partial charge in [0.2, 0.25) is 0 Å². The van der Waals surface area contributed by atoms with Crippen molar-refractivity contribution in [2.75, 3.05) is 38.6 Å². The number of nitro groups is 1. The molecule has 8 nitrogen and oxygen atoms in total. The number of benzene rings is 1. The molecule has 0 spiro atoms. The number of nitrogens with one attached hydrogen (secondary N) is 2. The van der Waals surface area contributed by atoms with Crippen molar-refractivity contribution in [2.45, 2.75) is 30.9 Å². The number of halogens is 3. The van der Waals surface area contributed by atoms with Crippen molar-refractivity contribution in [3.05, 3.63) is 32.3 Å². The Morgan fingerprint density at radius 2 is 2.21 bits per heavy atom. The first-order valence-corrected chi connectivity index (χ1v) is 9.66. The molecule has 154 valence electrons. The molecule has 28 heavy (non-hydrogen) atoms. The monoisotopic (exact) mass is 462 g/mol. The van der Waals surface area contributed by atoms with Gasteiger partial charge in [-0.3, -0.25) is 14.9 Å². The molecule has 0 aliphatic carbocycles. The Labute approximate surface area is 168 Å². The third kappa shape index (κ3) is 4.41. The molecule has 2 atom stereocenters. The van der Waals surface area contributed by atoms with E-state index in [4.69, 9.17) is 4.74 Å². The van der Waals surface area contributed by atoms with Crippen molar-refractivity contribution < 1.29 is 23.2 Å². The van der Waals surface area contributed by atoms with Gasteiger partial charge in [0.25, 0.3) is 17.5 Å². The van der Waals surface area contributed by atoms with Crippen molar-refractivity contribution in [1.29, 1.82) is 0 Å². The lowest BCUT2D eigenvalue weighted by atomic mass is 10.0. The van der Waals surface area contributed by atoms with Crippen molar-refractivity contribution in [2.24, 2.45) is 0 Å². The Morgan fingerprint density at radius 3 is 2.86 bits per heavy atom. The summed E-state index contributed by atoms with van der Waals surface area (Å²) in [5.74, 6) is -3.62. The minimum Gasteiger partial charge on any atom is -0.378 e. The van der Waals surface area contributed by atoms with Gasteiger partial charge in [0.15, 0.2) is 0 Å². The van der Waals surface area contributed by atoms with Gasteiger partial charge in [-0.05, 0) is 12.5 Å². The van der Waals surface area contributed by atoms with E-state index in [1.165, 1.54) is 19.2 Å². The van der Waals surface area contributed by atoms with Crippen LogP contribution in [0.1, 0.15) is 23.2 Å². The summed E-state index contributed by atoms with van der Waals surface area (Å²) in [6.45, 7) is 0.526. The number of methoxy groups -OCH3 is 1. The Balaban J connectivity index is 1.99. The van der Waals surface area contributed by atoms with Gasteiger partial charge in [0.1, 0.15) is 5.69 Å². The number of piperidine rings is 1. The zero-order chi connectivity index (χ0) is 20.5.